The predicted molar refractivity (Wildman–Crippen MR) is 62.0 cm³/mol. The van der Waals surface area contributed by atoms with Crippen molar-refractivity contribution >= 4 is 5.97 Å². The van der Waals surface area contributed by atoms with Crippen molar-refractivity contribution in [1.29, 1.82) is 0 Å². The summed E-state index contributed by atoms with van der Waals surface area (Å²) in [6, 6.07) is 0.276. The van der Waals surface area contributed by atoms with Gasteiger partial charge in [-0.25, -0.2) is 0 Å². The van der Waals surface area contributed by atoms with Gasteiger partial charge in [-0.3, -0.25) is 4.79 Å². The van der Waals surface area contributed by atoms with E-state index in [1.807, 2.05) is 6.92 Å². The third kappa shape index (κ3) is 3.76. The van der Waals surface area contributed by atoms with Gasteiger partial charge in [0, 0.05) is 24.6 Å². The van der Waals surface area contributed by atoms with Gasteiger partial charge in [0.2, 0.25) is 0 Å². The highest BCUT2D eigenvalue weighted by Gasteiger charge is 2.41. The van der Waals surface area contributed by atoms with Crippen LogP contribution in [0.25, 0.3) is 0 Å². The van der Waals surface area contributed by atoms with Crippen LogP contribution in [0.5, 0.6) is 0 Å². The van der Waals surface area contributed by atoms with Crippen LogP contribution >= 0.6 is 0 Å². The number of methoxy groups -OCH3 is 1. The molecule has 4 nitrogen and oxygen atoms in total. The van der Waals surface area contributed by atoms with Crippen molar-refractivity contribution in [3.63, 3.8) is 0 Å². The molecule has 2 N–H and O–H groups in total. The summed E-state index contributed by atoms with van der Waals surface area (Å²) in [7, 11) is 1.42. The summed E-state index contributed by atoms with van der Waals surface area (Å²) in [5.41, 5.74) is 0.128. The number of rotatable bonds is 7. The lowest BCUT2D eigenvalue weighted by Crippen LogP contribution is -2.35. The molecule has 0 aromatic heterocycles. The Labute approximate surface area is 97.4 Å². The number of carbonyl (C=O) groups excluding carboxylic acids is 1. The van der Waals surface area contributed by atoms with Crippen molar-refractivity contribution in [2.75, 3.05) is 20.3 Å². The molecule has 0 aliphatic heterocycles. The fourth-order valence-electron chi connectivity index (χ4n) is 1.87. The van der Waals surface area contributed by atoms with E-state index < -0.39 is 0 Å². The van der Waals surface area contributed by atoms with Gasteiger partial charge in [0.15, 0.2) is 0 Å². The molecular formula is C12H23NO3. The number of nitrogens with one attached hydrogen (secondary N) is 1. The van der Waals surface area contributed by atoms with Gasteiger partial charge in [-0.2, -0.15) is 0 Å². The molecule has 16 heavy (non-hydrogen) atoms. The van der Waals surface area contributed by atoms with Crippen LogP contribution in [0.1, 0.15) is 33.1 Å². The summed E-state index contributed by atoms with van der Waals surface area (Å²) < 4.78 is 4.69. The predicted octanol–water partition coefficient (Wildman–Crippen LogP) is 0.936. The zero-order valence-corrected chi connectivity index (χ0v) is 10.5. The first kappa shape index (κ1) is 13.5. The first-order chi connectivity index (χ1) is 7.53. The summed E-state index contributed by atoms with van der Waals surface area (Å²) in [6.45, 7) is 5.05. The zero-order valence-electron chi connectivity index (χ0n) is 10.5. The minimum absolute atomic E-state index is 0.0724. The molecular weight excluding hydrogens is 206 g/mol. The number of ether oxygens (including phenoxy) is 1. The Kier molecular flexibility index (Phi) is 4.74. The van der Waals surface area contributed by atoms with E-state index in [-0.39, 0.29) is 30.0 Å². The Morgan fingerprint density at radius 3 is 2.56 bits per heavy atom. The van der Waals surface area contributed by atoms with Crippen LogP contribution in [0.3, 0.4) is 0 Å². The Morgan fingerprint density at radius 1 is 1.50 bits per heavy atom. The highest BCUT2D eigenvalue weighted by molar-refractivity contribution is 5.71. The number of hydrogen-bond donors (Lipinski definition) is 2. The maximum Gasteiger partial charge on any atom is 0.308 e. The first-order valence-electron chi connectivity index (χ1n) is 5.95. The van der Waals surface area contributed by atoms with E-state index in [0.29, 0.717) is 0 Å². The minimum Gasteiger partial charge on any atom is -0.469 e. The Morgan fingerprint density at radius 2 is 2.12 bits per heavy atom. The summed E-state index contributed by atoms with van der Waals surface area (Å²) in [6.07, 6.45) is 2.99. The molecule has 2 atom stereocenters. The lowest BCUT2D eigenvalue weighted by molar-refractivity contribution is -0.145. The molecule has 0 heterocycles. The largest absolute Gasteiger partial charge is 0.469 e. The second kappa shape index (κ2) is 5.64. The van der Waals surface area contributed by atoms with Crippen LogP contribution in [0.2, 0.25) is 0 Å². The average molecular weight is 229 g/mol. The van der Waals surface area contributed by atoms with Crippen molar-refractivity contribution < 1.29 is 14.6 Å². The van der Waals surface area contributed by atoms with Crippen LogP contribution in [0.15, 0.2) is 0 Å². The van der Waals surface area contributed by atoms with Crippen LogP contribution in [-0.4, -0.2) is 37.4 Å². The van der Waals surface area contributed by atoms with Crippen LogP contribution < -0.4 is 5.32 Å². The molecule has 1 fully saturated rings. The molecule has 0 spiro atoms. The summed E-state index contributed by atoms with van der Waals surface area (Å²) >= 11 is 0. The van der Waals surface area contributed by atoms with E-state index in [9.17, 15) is 4.79 Å². The summed E-state index contributed by atoms with van der Waals surface area (Å²) in [5, 5.41) is 12.5. The fraction of sp³-hybridized carbons (Fsp3) is 0.917. The van der Waals surface area contributed by atoms with Crippen molar-refractivity contribution in [3.05, 3.63) is 0 Å². The number of esters is 1. The van der Waals surface area contributed by atoms with Gasteiger partial charge in [-0.1, -0.05) is 6.92 Å². The van der Waals surface area contributed by atoms with Gasteiger partial charge in [-0.05, 0) is 26.2 Å². The molecule has 1 rings (SSSR count). The van der Waals surface area contributed by atoms with Gasteiger partial charge in [-0.15, -0.1) is 0 Å². The molecule has 94 valence electrons. The summed E-state index contributed by atoms with van der Waals surface area (Å²) in [4.78, 5) is 11.2. The Balaban J connectivity index is 2.20. The SMILES string of the molecule is COC(=O)C(C)CC(C)NCC1(CO)CC1. The molecule has 1 aliphatic rings. The van der Waals surface area contributed by atoms with Crippen molar-refractivity contribution in [1.82, 2.24) is 5.32 Å². The van der Waals surface area contributed by atoms with Crippen LogP contribution in [0.4, 0.5) is 0 Å². The van der Waals surface area contributed by atoms with Gasteiger partial charge < -0.3 is 15.2 Å². The fourth-order valence-corrected chi connectivity index (χ4v) is 1.87. The minimum atomic E-state index is -0.156. The maximum absolute atomic E-state index is 11.2. The van der Waals surface area contributed by atoms with E-state index in [1.54, 1.807) is 0 Å². The van der Waals surface area contributed by atoms with E-state index in [1.165, 1.54) is 7.11 Å². The molecule has 0 saturated heterocycles. The second-order valence-electron chi connectivity index (χ2n) is 5.10. The van der Waals surface area contributed by atoms with Crippen molar-refractivity contribution in [3.8, 4) is 0 Å². The zero-order chi connectivity index (χ0) is 12.2. The first-order valence-corrected chi connectivity index (χ1v) is 5.95. The van der Waals surface area contributed by atoms with Gasteiger partial charge in [0.1, 0.15) is 0 Å². The monoisotopic (exact) mass is 229 g/mol. The molecule has 0 amide bonds. The third-order valence-corrected chi connectivity index (χ3v) is 3.43. The summed E-state index contributed by atoms with van der Waals surface area (Å²) in [5.74, 6) is -0.228. The lowest BCUT2D eigenvalue weighted by Gasteiger charge is -2.20. The highest BCUT2D eigenvalue weighted by atomic mass is 16.5. The molecule has 1 aliphatic carbocycles. The van der Waals surface area contributed by atoms with E-state index in [2.05, 4.69) is 17.0 Å². The molecule has 0 radical (unpaired) electrons. The quantitative estimate of drug-likeness (QED) is 0.638. The molecule has 0 bridgehead atoms. The standard InChI is InChI=1S/C12H23NO3/c1-9(11(15)16-3)6-10(2)13-7-12(8-14)4-5-12/h9-10,13-14H,4-8H2,1-3H3. The maximum atomic E-state index is 11.2. The lowest BCUT2D eigenvalue weighted by atomic mass is 10.0. The molecule has 0 aromatic carbocycles. The molecule has 1 saturated carbocycles. The van der Waals surface area contributed by atoms with E-state index in [0.717, 1.165) is 25.8 Å². The highest BCUT2D eigenvalue weighted by Crippen LogP contribution is 2.44. The van der Waals surface area contributed by atoms with Crippen LogP contribution in [-0.2, 0) is 9.53 Å². The number of aliphatic hydroxyl groups excluding tert-OH is 1. The smallest absolute Gasteiger partial charge is 0.308 e. The van der Waals surface area contributed by atoms with E-state index in [4.69, 9.17) is 5.11 Å². The molecule has 0 aromatic rings. The van der Waals surface area contributed by atoms with Crippen molar-refractivity contribution in [2.45, 2.75) is 39.2 Å². The molecule has 4 heteroatoms. The Hall–Kier alpha value is -0.610. The third-order valence-electron chi connectivity index (χ3n) is 3.43. The Bertz CT molecular complexity index is 238. The average Bonchev–Trinajstić information content (AvgIpc) is 3.06. The second-order valence-corrected chi connectivity index (χ2v) is 5.10. The number of aliphatic hydroxyl groups is 1. The molecule has 2 unspecified atom stereocenters. The van der Waals surface area contributed by atoms with Crippen molar-refractivity contribution in [2.24, 2.45) is 11.3 Å². The van der Waals surface area contributed by atoms with Gasteiger partial charge >= 0.3 is 5.97 Å². The number of carbonyl (C=O) groups is 1. The van der Waals surface area contributed by atoms with Gasteiger partial charge in [0.25, 0.3) is 0 Å². The number of hydrogen-bond acceptors (Lipinski definition) is 4. The van der Waals surface area contributed by atoms with E-state index >= 15 is 0 Å². The van der Waals surface area contributed by atoms with Crippen LogP contribution in [0, 0.1) is 11.3 Å². The topological polar surface area (TPSA) is 58.6 Å². The normalized spacial score (nSPS) is 21.2. The van der Waals surface area contributed by atoms with Gasteiger partial charge in [0.05, 0.1) is 13.0 Å².